The summed E-state index contributed by atoms with van der Waals surface area (Å²) in [6.07, 6.45) is 5.57. The maximum absolute atomic E-state index is 11.7. The summed E-state index contributed by atoms with van der Waals surface area (Å²) in [7, 11) is 5.89. The molecular formula is C20H40NO7+. The molecule has 0 fully saturated rings. The van der Waals surface area contributed by atoms with Crippen LogP contribution < -0.4 is 0 Å². The monoisotopic (exact) mass is 406 g/mol. The molecule has 2 unspecified atom stereocenters. The molecule has 0 aromatic heterocycles. The number of unbranched alkanes of at least 4 members (excludes halogenated alkanes) is 6. The second-order valence-electron chi connectivity index (χ2n) is 8.10. The zero-order valence-electron chi connectivity index (χ0n) is 18.0. The van der Waals surface area contributed by atoms with E-state index >= 15 is 0 Å². The van der Waals surface area contributed by atoms with E-state index < -0.39 is 18.4 Å². The Balaban J connectivity index is 3.85. The Morgan fingerprint density at radius 1 is 0.929 bits per heavy atom. The fraction of sp³-hybridized carbons (Fsp3) is 0.900. The van der Waals surface area contributed by atoms with Gasteiger partial charge in [0.15, 0.2) is 0 Å². The number of rotatable bonds is 18. The maximum Gasteiger partial charge on any atom is 0.361 e. The van der Waals surface area contributed by atoms with E-state index in [0.717, 1.165) is 19.3 Å². The van der Waals surface area contributed by atoms with Crippen molar-refractivity contribution in [1.82, 2.24) is 0 Å². The van der Waals surface area contributed by atoms with E-state index in [1.165, 1.54) is 25.7 Å². The molecule has 0 saturated heterocycles. The number of aliphatic hydroxyl groups is 1. The summed E-state index contributed by atoms with van der Waals surface area (Å²) in [5.41, 5.74) is 0. The molecule has 0 bridgehead atoms. The SMILES string of the molecule is CCCCCCCCCC(=O)OCC(O)COC(OCC[N+](C)(C)C)C(=O)O. The van der Waals surface area contributed by atoms with E-state index in [9.17, 15) is 14.7 Å². The van der Waals surface area contributed by atoms with Gasteiger partial charge in [-0.25, -0.2) is 4.79 Å². The first-order valence-electron chi connectivity index (χ1n) is 10.3. The average Bonchev–Trinajstić information content (AvgIpc) is 2.60. The largest absolute Gasteiger partial charge is 0.477 e. The summed E-state index contributed by atoms with van der Waals surface area (Å²) in [6.45, 7) is 2.50. The van der Waals surface area contributed by atoms with E-state index in [4.69, 9.17) is 19.3 Å². The first-order chi connectivity index (χ1) is 13.2. The van der Waals surface area contributed by atoms with E-state index in [0.29, 0.717) is 17.4 Å². The molecular weight excluding hydrogens is 366 g/mol. The molecule has 0 aromatic rings. The molecule has 0 aliphatic rings. The van der Waals surface area contributed by atoms with Crippen LogP contribution in [0.5, 0.6) is 0 Å². The third kappa shape index (κ3) is 16.9. The molecule has 8 heteroatoms. The van der Waals surface area contributed by atoms with Crippen LogP contribution in [0.3, 0.4) is 0 Å². The summed E-state index contributed by atoms with van der Waals surface area (Å²) in [5, 5.41) is 18.9. The first-order valence-corrected chi connectivity index (χ1v) is 10.3. The van der Waals surface area contributed by atoms with Crippen molar-refractivity contribution in [1.29, 1.82) is 0 Å². The van der Waals surface area contributed by atoms with Crippen LogP contribution in [0.4, 0.5) is 0 Å². The molecule has 0 aromatic carbocycles. The molecule has 28 heavy (non-hydrogen) atoms. The number of quaternary nitrogens is 1. The zero-order valence-corrected chi connectivity index (χ0v) is 18.0. The number of esters is 1. The molecule has 0 aliphatic carbocycles. The number of carbonyl (C=O) groups excluding carboxylic acids is 1. The quantitative estimate of drug-likeness (QED) is 0.156. The van der Waals surface area contributed by atoms with E-state index in [-0.39, 0.29) is 25.8 Å². The minimum absolute atomic E-state index is 0.212. The predicted octanol–water partition coefficient (Wildman–Crippen LogP) is 2.18. The number of aliphatic hydroxyl groups excluding tert-OH is 1. The smallest absolute Gasteiger partial charge is 0.361 e. The lowest BCUT2D eigenvalue weighted by Crippen LogP contribution is -2.40. The van der Waals surface area contributed by atoms with E-state index in [2.05, 4.69) is 6.92 Å². The van der Waals surface area contributed by atoms with Crippen LogP contribution in [0.25, 0.3) is 0 Å². The average molecular weight is 407 g/mol. The van der Waals surface area contributed by atoms with Crippen LogP contribution in [-0.4, -0.2) is 86.5 Å². The van der Waals surface area contributed by atoms with Crippen molar-refractivity contribution in [3.8, 4) is 0 Å². The van der Waals surface area contributed by atoms with Gasteiger partial charge >= 0.3 is 11.9 Å². The minimum atomic E-state index is -1.45. The van der Waals surface area contributed by atoms with Gasteiger partial charge in [-0.3, -0.25) is 4.79 Å². The Morgan fingerprint density at radius 3 is 2.11 bits per heavy atom. The summed E-state index contributed by atoms with van der Waals surface area (Å²) in [4.78, 5) is 22.8. The standard InChI is InChI=1S/C20H39NO7/c1-5-6-7-8-9-10-11-12-18(23)27-15-17(22)16-28-20(19(24)25)26-14-13-21(2,3)4/h17,20,22H,5-16H2,1-4H3/p+1. The summed E-state index contributed by atoms with van der Waals surface area (Å²) in [6, 6.07) is 0. The van der Waals surface area contributed by atoms with Crippen molar-refractivity contribution >= 4 is 11.9 Å². The molecule has 2 N–H and O–H groups in total. The van der Waals surface area contributed by atoms with E-state index in [1.54, 1.807) is 0 Å². The van der Waals surface area contributed by atoms with Gasteiger partial charge in [0.05, 0.1) is 34.4 Å². The third-order valence-electron chi connectivity index (χ3n) is 4.09. The summed E-state index contributed by atoms with van der Waals surface area (Å²) < 4.78 is 15.9. The van der Waals surface area contributed by atoms with Gasteiger partial charge in [0.1, 0.15) is 19.3 Å². The van der Waals surface area contributed by atoms with Gasteiger partial charge in [-0.1, -0.05) is 45.4 Å². The van der Waals surface area contributed by atoms with Crippen LogP contribution in [-0.2, 0) is 23.8 Å². The number of ether oxygens (including phenoxy) is 3. The predicted molar refractivity (Wildman–Crippen MR) is 106 cm³/mol. The lowest BCUT2D eigenvalue weighted by atomic mass is 10.1. The molecule has 0 rings (SSSR count). The molecule has 166 valence electrons. The van der Waals surface area contributed by atoms with Gasteiger partial charge in [0.25, 0.3) is 6.29 Å². The molecule has 0 spiro atoms. The Morgan fingerprint density at radius 2 is 1.54 bits per heavy atom. The lowest BCUT2D eigenvalue weighted by molar-refractivity contribution is -0.870. The highest BCUT2D eigenvalue weighted by atomic mass is 16.7. The number of carboxylic acids is 1. The highest BCUT2D eigenvalue weighted by Gasteiger charge is 2.22. The van der Waals surface area contributed by atoms with Gasteiger partial charge in [0, 0.05) is 6.42 Å². The van der Waals surface area contributed by atoms with Gasteiger partial charge in [-0.05, 0) is 6.42 Å². The second-order valence-corrected chi connectivity index (χ2v) is 8.10. The molecule has 0 radical (unpaired) electrons. The van der Waals surface area contributed by atoms with Crippen LogP contribution in [0.1, 0.15) is 58.3 Å². The minimum Gasteiger partial charge on any atom is -0.477 e. The molecule has 2 atom stereocenters. The highest BCUT2D eigenvalue weighted by Crippen LogP contribution is 2.09. The number of hydrogen-bond donors (Lipinski definition) is 2. The van der Waals surface area contributed by atoms with Gasteiger partial charge < -0.3 is 28.9 Å². The van der Waals surface area contributed by atoms with Crippen LogP contribution in [0.15, 0.2) is 0 Å². The van der Waals surface area contributed by atoms with Gasteiger partial charge in [-0.15, -0.1) is 0 Å². The molecule has 8 nitrogen and oxygen atoms in total. The maximum atomic E-state index is 11.7. The number of hydrogen-bond acceptors (Lipinski definition) is 6. The molecule has 0 heterocycles. The normalized spacial score (nSPS) is 13.9. The van der Waals surface area contributed by atoms with Crippen molar-refractivity contribution in [2.24, 2.45) is 0 Å². The Hall–Kier alpha value is -1.22. The van der Waals surface area contributed by atoms with Crippen molar-refractivity contribution in [2.45, 2.75) is 70.7 Å². The fourth-order valence-electron chi connectivity index (χ4n) is 2.36. The summed E-state index contributed by atoms with van der Waals surface area (Å²) >= 11 is 0. The molecule has 0 aliphatic heterocycles. The Bertz CT molecular complexity index is 423. The van der Waals surface area contributed by atoms with Crippen molar-refractivity contribution < 1.29 is 38.5 Å². The van der Waals surface area contributed by atoms with Crippen LogP contribution >= 0.6 is 0 Å². The van der Waals surface area contributed by atoms with Crippen molar-refractivity contribution in [3.63, 3.8) is 0 Å². The Labute approximate surface area is 169 Å². The Kier molecular flexibility index (Phi) is 15.0. The van der Waals surface area contributed by atoms with Crippen LogP contribution in [0.2, 0.25) is 0 Å². The van der Waals surface area contributed by atoms with Crippen molar-refractivity contribution in [2.75, 3.05) is 47.5 Å². The van der Waals surface area contributed by atoms with E-state index in [1.807, 2.05) is 21.1 Å². The lowest BCUT2D eigenvalue weighted by Gasteiger charge is -2.24. The number of carbonyl (C=O) groups is 2. The first kappa shape index (κ1) is 26.8. The second kappa shape index (κ2) is 15.7. The van der Waals surface area contributed by atoms with Crippen LogP contribution in [0, 0.1) is 0 Å². The zero-order chi connectivity index (χ0) is 21.4. The number of nitrogens with zero attached hydrogens (tertiary/aromatic N) is 1. The van der Waals surface area contributed by atoms with Gasteiger partial charge in [0.2, 0.25) is 0 Å². The van der Waals surface area contributed by atoms with Gasteiger partial charge in [-0.2, -0.15) is 0 Å². The molecule has 0 saturated carbocycles. The number of likely N-dealkylation sites (N-methyl/N-ethyl adjacent to an activating group) is 1. The number of carboxylic acid groups (broad SMARTS) is 1. The summed E-state index contributed by atoms with van der Waals surface area (Å²) in [5.74, 6) is -1.62. The fourth-order valence-corrected chi connectivity index (χ4v) is 2.36. The highest BCUT2D eigenvalue weighted by molar-refractivity contribution is 5.70. The molecule has 0 amide bonds. The topological polar surface area (TPSA) is 102 Å². The third-order valence-corrected chi connectivity index (χ3v) is 4.09. The van der Waals surface area contributed by atoms with Crippen molar-refractivity contribution in [3.05, 3.63) is 0 Å². The number of aliphatic carboxylic acids is 1.